The third-order valence-electron chi connectivity index (χ3n) is 1.66. The molecule has 0 rings (SSSR count). The van der Waals surface area contributed by atoms with E-state index >= 15 is 0 Å². The zero-order valence-corrected chi connectivity index (χ0v) is 12.1. The molecule has 0 unspecified atom stereocenters. The van der Waals surface area contributed by atoms with E-state index in [0.29, 0.717) is 16.6 Å². The Bertz CT molecular complexity index is 304. The molecule has 0 radical (unpaired) electrons. The molecule has 0 aliphatic rings. The van der Waals surface area contributed by atoms with Crippen molar-refractivity contribution in [1.29, 1.82) is 0 Å². The first-order valence-corrected chi connectivity index (χ1v) is 5.83. The van der Waals surface area contributed by atoms with Crippen LogP contribution in [0, 0.1) is 0 Å². The minimum absolute atomic E-state index is 0.480. The fraction of sp³-hybridized carbons (Fsp3) is 0.556. The summed E-state index contributed by atoms with van der Waals surface area (Å²) in [5, 5.41) is 14.7. The van der Waals surface area contributed by atoms with Gasteiger partial charge < -0.3 is 10.6 Å². The van der Waals surface area contributed by atoms with Gasteiger partial charge in [0.1, 0.15) is 0 Å². The van der Waals surface area contributed by atoms with Crippen LogP contribution < -0.4 is 21.5 Å². The maximum Gasteiger partial charge on any atom is 0.186 e. The zero-order valence-electron chi connectivity index (χ0n) is 10.4. The molecule has 6 nitrogen and oxygen atoms in total. The lowest BCUT2D eigenvalue weighted by Gasteiger charge is -2.05. The number of hydrazone groups is 2. The van der Waals surface area contributed by atoms with E-state index in [4.69, 9.17) is 24.4 Å². The zero-order chi connectivity index (χ0) is 13.3. The van der Waals surface area contributed by atoms with Gasteiger partial charge in [-0.25, -0.2) is 0 Å². The first-order valence-electron chi connectivity index (χ1n) is 5.01. The quantitative estimate of drug-likeness (QED) is 0.336. The maximum atomic E-state index is 4.89. The Hall–Kier alpha value is -1.28. The van der Waals surface area contributed by atoms with Gasteiger partial charge in [0.15, 0.2) is 10.2 Å². The van der Waals surface area contributed by atoms with Crippen molar-refractivity contribution in [3.05, 3.63) is 0 Å². The first-order chi connectivity index (χ1) is 7.99. The summed E-state index contributed by atoms with van der Waals surface area (Å²) in [6.07, 6.45) is 0.638. The number of hydrogen-bond acceptors (Lipinski definition) is 4. The molecule has 8 heteroatoms. The predicted molar refractivity (Wildman–Crippen MR) is 80.4 cm³/mol. The van der Waals surface area contributed by atoms with E-state index in [9.17, 15) is 0 Å². The van der Waals surface area contributed by atoms with Crippen LogP contribution in [-0.4, -0.2) is 35.7 Å². The molecule has 0 fully saturated rings. The van der Waals surface area contributed by atoms with Crippen LogP contribution in [0.1, 0.15) is 20.3 Å². The Morgan fingerprint density at radius 3 is 1.53 bits per heavy atom. The van der Waals surface area contributed by atoms with Crippen molar-refractivity contribution in [2.75, 3.05) is 14.1 Å². The minimum atomic E-state index is 0.480. The van der Waals surface area contributed by atoms with Crippen molar-refractivity contribution in [2.45, 2.75) is 20.3 Å². The van der Waals surface area contributed by atoms with Crippen LogP contribution in [0.25, 0.3) is 0 Å². The van der Waals surface area contributed by atoms with Gasteiger partial charge >= 0.3 is 0 Å². The summed E-state index contributed by atoms with van der Waals surface area (Å²) in [5.74, 6) is 0. The molecule has 0 aliphatic carbocycles. The topological polar surface area (TPSA) is 72.8 Å². The molecule has 0 amide bonds. The average Bonchev–Trinajstić information content (AvgIpc) is 2.32. The predicted octanol–water partition coefficient (Wildman–Crippen LogP) is 0.316. The van der Waals surface area contributed by atoms with Gasteiger partial charge in [-0.05, 0) is 38.3 Å². The van der Waals surface area contributed by atoms with E-state index in [1.54, 1.807) is 14.1 Å². The highest BCUT2D eigenvalue weighted by atomic mass is 32.1. The van der Waals surface area contributed by atoms with E-state index in [1.807, 2.05) is 13.8 Å². The molecule has 96 valence electrons. The average molecular weight is 274 g/mol. The second-order valence-electron chi connectivity index (χ2n) is 3.25. The van der Waals surface area contributed by atoms with E-state index in [1.165, 1.54) is 0 Å². The lowest BCUT2D eigenvalue weighted by Crippen LogP contribution is -2.30. The van der Waals surface area contributed by atoms with Crippen molar-refractivity contribution in [2.24, 2.45) is 10.2 Å². The SMILES string of the molecule is CNC(=S)N/N=C(\C)C/C(C)=N/NC(=S)NC. The molecule has 0 saturated heterocycles. The van der Waals surface area contributed by atoms with E-state index in [0.717, 1.165) is 11.4 Å². The van der Waals surface area contributed by atoms with E-state index in [-0.39, 0.29) is 0 Å². The van der Waals surface area contributed by atoms with E-state index in [2.05, 4.69) is 31.7 Å². The largest absolute Gasteiger partial charge is 0.364 e. The Morgan fingerprint density at radius 1 is 0.882 bits per heavy atom. The molecule has 0 atom stereocenters. The monoisotopic (exact) mass is 274 g/mol. The molecular formula is C9H18N6S2. The molecule has 4 N–H and O–H groups in total. The number of nitrogens with zero attached hydrogens (tertiary/aromatic N) is 2. The van der Waals surface area contributed by atoms with Crippen LogP contribution in [0.3, 0.4) is 0 Å². The summed E-state index contributed by atoms with van der Waals surface area (Å²) < 4.78 is 0. The third kappa shape index (κ3) is 8.52. The Morgan fingerprint density at radius 2 is 1.24 bits per heavy atom. The fourth-order valence-electron chi connectivity index (χ4n) is 0.854. The molecule has 0 bridgehead atoms. The lowest BCUT2D eigenvalue weighted by atomic mass is 10.2. The number of rotatable bonds is 4. The number of nitrogens with one attached hydrogen (secondary N) is 4. The molecule has 0 aromatic carbocycles. The number of hydrogen-bond donors (Lipinski definition) is 4. The van der Waals surface area contributed by atoms with Crippen LogP contribution in [0.5, 0.6) is 0 Å². The van der Waals surface area contributed by atoms with Crippen LogP contribution in [0.15, 0.2) is 10.2 Å². The lowest BCUT2D eigenvalue weighted by molar-refractivity contribution is 0.957. The second kappa shape index (κ2) is 8.82. The molecule has 0 aliphatic heterocycles. The maximum absolute atomic E-state index is 4.89. The smallest absolute Gasteiger partial charge is 0.186 e. The van der Waals surface area contributed by atoms with Crippen molar-refractivity contribution in [3.63, 3.8) is 0 Å². The van der Waals surface area contributed by atoms with Crippen molar-refractivity contribution in [3.8, 4) is 0 Å². The summed E-state index contributed by atoms with van der Waals surface area (Å²) in [6.45, 7) is 3.78. The van der Waals surface area contributed by atoms with Crippen molar-refractivity contribution < 1.29 is 0 Å². The number of thiocarbonyl (C=S) groups is 2. The first kappa shape index (κ1) is 15.7. The van der Waals surface area contributed by atoms with Gasteiger partial charge in [-0.1, -0.05) is 0 Å². The molecular weight excluding hydrogens is 256 g/mol. The van der Waals surface area contributed by atoms with Crippen LogP contribution in [-0.2, 0) is 0 Å². The van der Waals surface area contributed by atoms with Gasteiger partial charge in [-0.15, -0.1) is 0 Å². The van der Waals surface area contributed by atoms with Gasteiger partial charge in [0.05, 0.1) is 0 Å². The molecule has 0 heterocycles. The Labute approximate surface area is 112 Å². The summed E-state index contributed by atoms with van der Waals surface area (Å²) in [7, 11) is 3.46. The van der Waals surface area contributed by atoms with Gasteiger partial charge in [0.2, 0.25) is 0 Å². The standard InChI is InChI=1S/C9H18N6S2/c1-6(12-14-8(16)10-3)5-7(2)13-15-9(17)11-4/h5H2,1-4H3,(H2,10,14,16)(H2,11,15,17)/b12-6+,13-7+. The van der Waals surface area contributed by atoms with Gasteiger partial charge in [0, 0.05) is 31.9 Å². The minimum Gasteiger partial charge on any atom is -0.364 e. The van der Waals surface area contributed by atoms with Crippen molar-refractivity contribution in [1.82, 2.24) is 21.5 Å². The molecule has 0 aromatic heterocycles. The van der Waals surface area contributed by atoms with Gasteiger partial charge in [-0.2, -0.15) is 10.2 Å². The van der Waals surface area contributed by atoms with Gasteiger partial charge in [0.25, 0.3) is 0 Å². The summed E-state index contributed by atoms with van der Waals surface area (Å²) in [4.78, 5) is 0. The summed E-state index contributed by atoms with van der Waals surface area (Å²) in [5.41, 5.74) is 7.17. The van der Waals surface area contributed by atoms with E-state index < -0.39 is 0 Å². The summed E-state index contributed by atoms with van der Waals surface area (Å²) in [6, 6.07) is 0. The Balaban J connectivity index is 4.14. The van der Waals surface area contributed by atoms with Crippen LogP contribution in [0.2, 0.25) is 0 Å². The normalized spacial score (nSPS) is 11.8. The van der Waals surface area contributed by atoms with Crippen LogP contribution >= 0.6 is 24.4 Å². The Kier molecular flexibility index (Phi) is 8.16. The highest BCUT2D eigenvalue weighted by Crippen LogP contribution is 1.89. The molecule has 17 heavy (non-hydrogen) atoms. The van der Waals surface area contributed by atoms with Gasteiger partial charge in [-0.3, -0.25) is 10.9 Å². The van der Waals surface area contributed by atoms with Crippen LogP contribution in [0.4, 0.5) is 0 Å². The molecule has 0 saturated carbocycles. The molecule has 0 spiro atoms. The molecule has 0 aromatic rings. The third-order valence-corrected chi connectivity index (χ3v) is 2.25. The fourth-order valence-corrected chi connectivity index (χ4v) is 0.945. The van der Waals surface area contributed by atoms with Crippen molar-refractivity contribution >= 4 is 46.1 Å². The second-order valence-corrected chi connectivity index (χ2v) is 4.07. The summed E-state index contributed by atoms with van der Waals surface area (Å²) >= 11 is 9.78. The highest BCUT2D eigenvalue weighted by Gasteiger charge is 1.97. The highest BCUT2D eigenvalue weighted by molar-refractivity contribution is 7.80.